The van der Waals surface area contributed by atoms with Crippen molar-refractivity contribution in [2.45, 2.75) is 32.6 Å². The van der Waals surface area contributed by atoms with Gasteiger partial charge in [-0.15, -0.1) is 0 Å². The van der Waals surface area contributed by atoms with Crippen molar-refractivity contribution >= 4 is 27.6 Å². The minimum absolute atomic E-state index is 0.0355. The number of esters is 2. The lowest BCUT2D eigenvalue weighted by Crippen LogP contribution is -2.37. The number of aryl methyl sites for hydroxylation is 2. The molecule has 0 radical (unpaired) electrons. The molecule has 0 bridgehead atoms. The second-order valence-electron chi connectivity index (χ2n) is 6.35. The van der Waals surface area contributed by atoms with E-state index in [9.17, 15) is 18.0 Å². The van der Waals surface area contributed by atoms with Crippen molar-refractivity contribution < 1.29 is 27.5 Å². The Balaban J connectivity index is 2.59. The van der Waals surface area contributed by atoms with Crippen molar-refractivity contribution in [3.05, 3.63) is 59.2 Å². The number of carbonyl (C=O) groups excluding carboxylic acids is 2. The van der Waals surface area contributed by atoms with E-state index in [0.717, 1.165) is 9.87 Å². The maximum atomic E-state index is 13.3. The molecule has 0 heterocycles. The van der Waals surface area contributed by atoms with Crippen LogP contribution in [0.1, 0.15) is 35.3 Å². The Labute approximate surface area is 171 Å². The van der Waals surface area contributed by atoms with Gasteiger partial charge in [0.15, 0.2) is 0 Å². The molecule has 2 rings (SSSR count). The summed E-state index contributed by atoms with van der Waals surface area (Å²) in [7, 11) is -4.08. The van der Waals surface area contributed by atoms with Gasteiger partial charge in [-0.1, -0.05) is 23.8 Å². The summed E-state index contributed by atoms with van der Waals surface area (Å²) >= 11 is 0. The summed E-state index contributed by atoms with van der Waals surface area (Å²) in [6, 6.07) is 10.9. The van der Waals surface area contributed by atoms with Crippen LogP contribution in [0.15, 0.2) is 47.4 Å². The summed E-state index contributed by atoms with van der Waals surface area (Å²) in [5.41, 5.74) is 1.89. The third-order valence-electron chi connectivity index (χ3n) is 4.18. The molecule has 0 unspecified atom stereocenters. The van der Waals surface area contributed by atoms with Crippen molar-refractivity contribution in [3.63, 3.8) is 0 Å². The molecular weight excluding hydrogens is 394 g/mol. The maximum absolute atomic E-state index is 13.3. The lowest BCUT2D eigenvalue weighted by Gasteiger charge is -2.25. The molecule has 0 aromatic heterocycles. The van der Waals surface area contributed by atoms with E-state index in [1.807, 2.05) is 6.92 Å². The Bertz CT molecular complexity index is 983. The Morgan fingerprint density at radius 1 is 0.931 bits per heavy atom. The van der Waals surface area contributed by atoms with Crippen molar-refractivity contribution in [2.24, 2.45) is 0 Å². The third kappa shape index (κ3) is 5.35. The summed E-state index contributed by atoms with van der Waals surface area (Å²) < 4.78 is 37.6. The highest BCUT2D eigenvalue weighted by Crippen LogP contribution is 2.28. The zero-order valence-corrected chi connectivity index (χ0v) is 17.8. The molecule has 2 aromatic carbocycles. The van der Waals surface area contributed by atoms with Crippen LogP contribution in [0, 0.1) is 13.8 Å². The first-order valence-electron chi connectivity index (χ1n) is 9.23. The second-order valence-corrected chi connectivity index (χ2v) is 8.21. The molecular formula is C21H25NO6S. The van der Waals surface area contributed by atoms with Crippen molar-refractivity contribution in [1.82, 2.24) is 0 Å². The molecule has 0 aliphatic carbocycles. The van der Waals surface area contributed by atoms with Crippen molar-refractivity contribution in [3.8, 4) is 0 Å². The van der Waals surface area contributed by atoms with E-state index in [1.165, 1.54) is 18.2 Å². The summed E-state index contributed by atoms with van der Waals surface area (Å²) in [6.07, 6.45) is 0. The molecule has 0 aliphatic heterocycles. The first-order chi connectivity index (χ1) is 13.7. The number of hydrogen-bond acceptors (Lipinski definition) is 6. The monoisotopic (exact) mass is 419 g/mol. The highest BCUT2D eigenvalue weighted by atomic mass is 32.2. The van der Waals surface area contributed by atoms with Crippen LogP contribution >= 0.6 is 0 Å². The molecule has 156 valence electrons. The van der Waals surface area contributed by atoms with Gasteiger partial charge in [0.05, 0.1) is 29.4 Å². The largest absolute Gasteiger partial charge is 0.465 e. The van der Waals surface area contributed by atoms with Gasteiger partial charge in [0.25, 0.3) is 10.0 Å². The van der Waals surface area contributed by atoms with Crippen LogP contribution < -0.4 is 4.31 Å². The van der Waals surface area contributed by atoms with Gasteiger partial charge < -0.3 is 9.47 Å². The Morgan fingerprint density at radius 2 is 1.55 bits per heavy atom. The number of nitrogens with zero attached hydrogens (tertiary/aromatic N) is 1. The SMILES string of the molecule is CCOC(=O)CN(c1cc(C(=O)OCC)ccc1C)S(=O)(=O)c1ccc(C)cc1. The highest BCUT2D eigenvalue weighted by molar-refractivity contribution is 7.92. The molecule has 8 heteroatoms. The van der Waals surface area contributed by atoms with Gasteiger partial charge in [-0.05, 0) is 57.5 Å². The standard InChI is InChI=1S/C21H25NO6S/c1-5-27-20(23)14-22(29(25,26)18-11-7-15(3)8-12-18)19-13-17(10-9-16(19)4)21(24)28-6-2/h7-13H,5-6,14H2,1-4H3. The highest BCUT2D eigenvalue weighted by Gasteiger charge is 2.29. The number of ether oxygens (including phenoxy) is 2. The first kappa shape index (κ1) is 22.4. The average molecular weight is 419 g/mol. The smallest absolute Gasteiger partial charge is 0.338 e. The number of benzene rings is 2. The van der Waals surface area contributed by atoms with Crippen molar-refractivity contribution in [2.75, 3.05) is 24.1 Å². The van der Waals surface area contributed by atoms with E-state index < -0.39 is 28.5 Å². The number of hydrogen-bond donors (Lipinski definition) is 0. The Kier molecular flexibility index (Phi) is 7.39. The molecule has 0 N–H and O–H groups in total. The number of rotatable bonds is 8. The zero-order valence-electron chi connectivity index (χ0n) is 17.0. The van der Waals surface area contributed by atoms with Crippen LogP contribution in [0.3, 0.4) is 0 Å². The van der Waals surface area contributed by atoms with Gasteiger partial charge in [0.1, 0.15) is 6.54 Å². The molecule has 0 saturated carbocycles. The van der Waals surface area contributed by atoms with Crippen molar-refractivity contribution in [1.29, 1.82) is 0 Å². The molecule has 7 nitrogen and oxygen atoms in total. The van der Waals surface area contributed by atoms with Gasteiger partial charge >= 0.3 is 11.9 Å². The normalized spacial score (nSPS) is 11.0. The maximum Gasteiger partial charge on any atom is 0.338 e. The predicted octanol–water partition coefficient (Wildman–Crippen LogP) is 3.24. The van der Waals surface area contributed by atoms with E-state index >= 15 is 0 Å². The van der Waals surface area contributed by atoms with Crippen LogP contribution in [0.25, 0.3) is 0 Å². The summed E-state index contributed by atoms with van der Waals surface area (Å²) in [4.78, 5) is 24.3. The quantitative estimate of drug-likeness (QED) is 0.610. The molecule has 0 atom stereocenters. The lowest BCUT2D eigenvalue weighted by molar-refractivity contribution is -0.141. The van der Waals surface area contributed by atoms with Crippen LogP contribution in [0.2, 0.25) is 0 Å². The number of sulfonamides is 1. The first-order valence-corrected chi connectivity index (χ1v) is 10.7. The average Bonchev–Trinajstić information content (AvgIpc) is 2.67. The van der Waals surface area contributed by atoms with Gasteiger partial charge in [-0.2, -0.15) is 0 Å². The number of carbonyl (C=O) groups is 2. The van der Waals surface area contributed by atoms with Crippen LogP contribution in [0.5, 0.6) is 0 Å². The minimum Gasteiger partial charge on any atom is -0.465 e. The molecule has 0 spiro atoms. The molecule has 0 aliphatic rings. The van der Waals surface area contributed by atoms with E-state index in [4.69, 9.17) is 9.47 Å². The molecule has 0 fully saturated rings. The number of anilines is 1. The zero-order chi connectivity index (χ0) is 21.6. The minimum atomic E-state index is -4.08. The van der Waals surface area contributed by atoms with Gasteiger partial charge in [0, 0.05) is 0 Å². The van der Waals surface area contributed by atoms with Crippen LogP contribution in [-0.2, 0) is 24.3 Å². The summed E-state index contributed by atoms with van der Waals surface area (Å²) in [6.45, 7) is 6.67. The van der Waals surface area contributed by atoms with Gasteiger partial charge in [0.2, 0.25) is 0 Å². The predicted molar refractivity (Wildman–Crippen MR) is 109 cm³/mol. The fourth-order valence-electron chi connectivity index (χ4n) is 2.68. The fourth-order valence-corrected chi connectivity index (χ4v) is 4.15. The Hall–Kier alpha value is -2.87. The molecule has 0 amide bonds. The third-order valence-corrected chi connectivity index (χ3v) is 5.95. The summed E-state index contributed by atoms with van der Waals surface area (Å²) in [5, 5.41) is 0. The van der Waals surface area contributed by atoms with Gasteiger partial charge in [-0.25, -0.2) is 13.2 Å². The lowest BCUT2D eigenvalue weighted by atomic mass is 10.1. The fraction of sp³-hybridized carbons (Fsp3) is 0.333. The second kappa shape index (κ2) is 9.56. The molecule has 2 aromatic rings. The topological polar surface area (TPSA) is 90.0 Å². The van der Waals surface area contributed by atoms with Gasteiger partial charge in [-0.3, -0.25) is 9.10 Å². The molecule has 29 heavy (non-hydrogen) atoms. The van der Waals surface area contributed by atoms with Crippen LogP contribution in [0.4, 0.5) is 5.69 Å². The summed E-state index contributed by atoms with van der Waals surface area (Å²) in [5.74, 6) is -1.26. The van der Waals surface area contributed by atoms with E-state index in [2.05, 4.69) is 0 Å². The Morgan fingerprint density at radius 3 is 2.14 bits per heavy atom. The van der Waals surface area contributed by atoms with E-state index in [0.29, 0.717) is 5.56 Å². The van der Waals surface area contributed by atoms with Crippen LogP contribution in [-0.4, -0.2) is 40.1 Å². The van der Waals surface area contributed by atoms with E-state index in [-0.39, 0.29) is 29.4 Å². The molecule has 0 saturated heterocycles. The van der Waals surface area contributed by atoms with E-state index in [1.54, 1.807) is 45.0 Å².